The largest absolute Gasteiger partial charge is 0.376 e. The molecule has 1 aromatic heterocycles. The average Bonchev–Trinajstić information content (AvgIpc) is 3.36. The monoisotopic (exact) mass is 468 g/mol. The quantitative estimate of drug-likeness (QED) is 0.370. The van der Waals surface area contributed by atoms with Crippen molar-refractivity contribution in [3.63, 3.8) is 0 Å². The number of nitrogens with one attached hydrogen (secondary N) is 1. The van der Waals surface area contributed by atoms with E-state index in [9.17, 15) is 4.79 Å². The third kappa shape index (κ3) is 6.80. The van der Waals surface area contributed by atoms with Crippen molar-refractivity contribution in [2.45, 2.75) is 39.2 Å². The summed E-state index contributed by atoms with van der Waals surface area (Å²) in [6.07, 6.45) is 8.84. The van der Waals surface area contributed by atoms with Gasteiger partial charge in [0.25, 0.3) is 0 Å². The van der Waals surface area contributed by atoms with E-state index in [0.717, 1.165) is 61.3 Å². The highest BCUT2D eigenvalue weighted by atomic mass is 16.2. The second-order valence-electron chi connectivity index (χ2n) is 9.06. The lowest BCUT2D eigenvalue weighted by atomic mass is 9.96. The number of rotatable bonds is 9. The highest BCUT2D eigenvalue weighted by molar-refractivity contribution is 5.76. The number of aliphatic imine (C=N–C) groups is 1. The van der Waals surface area contributed by atoms with Gasteiger partial charge in [-0.05, 0) is 54.9 Å². The van der Waals surface area contributed by atoms with Crippen LogP contribution in [0.1, 0.15) is 30.4 Å². The van der Waals surface area contributed by atoms with E-state index < -0.39 is 0 Å². The number of nitriles is 1. The predicted molar refractivity (Wildman–Crippen MR) is 138 cm³/mol. The van der Waals surface area contributed by atoms with Crippen LogP contribution in [0.4, 0.5) is 5.69 Å². The zero-order valence-corrected chi connectivity index (χ0v) is 20.2. The summed E-state index contributed by atoms with van der Waals surface area (Å²) in [6, 6.07) is 18.4. The summed E-state index contributed by atoms with van der Waals surface area (Å²) in [5.74, 6) is 0.799. The summed E-state index contributed by atoms with van der Waals surface area (Å²) >= 11 is 0. The molecular formula is C28H32N6O. The zero-order chi connectivity index (χ0) is 24.5. The Morgan fingerprint density at radius 1 is 1.20 bits per heavy atom. The lowest BCUT2D eigenvalue weighted by Gasteiger charge is -2.32. The van der Waals surface area contributed by atoms with Gasteiger partial charge in [0, 0.05) is 37.8 Å². The summed E-state index contributed by atoms with van der Waals surface area (Å²) < 4.78 is 1.63. The maximum atomic E-state index is 12.6. The molecule has 180 valence electrons. The highest BCUT2D eigenvalue weighted by Crippen LogP contribution is 2.27. The molecule has 0 radical (unpaired) electrons. The molecule has 1 fully saturated rings. The average molecular weight is 469 g/mol. The number of hydrogen-bond donors (Lipinski definition) is 1. The normalized spacial score (nSPS) is 14.2. The van der Waals surface area contributed by atoms with Crippen LogP contribution in [0.25, 0.3) is 11.1 Å². The van der Waals surface area contributed by atoms with Crippen LogP contribution in [0.3, 0.4) is 0 Å². The first kappa shape index (κ1) is 24.2. The topological polar surface area (TPSA) is 86.3 Å². The van der Waals surface area contributed by atoms with Gasteiger partial charge in [-0.2, -0.15) is 10.4 Å². The maximum absolute atomic E-state index is 12.6. The summed E-state index contributed by atoms with van der Waals surface area (Å²) in [5, 5.41) is 16.4. The fraction of sp³-hybridized carbons (Fsp3) is 0.357. The number of likely N-dealkylation sites (tertiary alicyclic amines) is 1. The van der Waals surface area contributed by atoms with E-state index in [1.807, 2.05) is 54.4 Å². The lowest BCUT2D eigenvalue weighted by Crippen LogP contribution is -2.40. The summed E-state index contributed by atoms with van der Waals surface area (Å²) in [5.41, 5.74) is 5.21. The molecule has 3 aromatic rings. The van der Waals surface area contributed by atoms with Crippen molar-refractivity contribution in [3.8, 4) is 17.2 Å². The molecule has 1 amide bonds. The molecule has 7 nitrogen and oxygen atoms in total. The molecule has 7 heteroatoms. The van der Waals surface area contributed by atoms with E-state index in [1.165, 1.54) is 5.56 Å². The van der Waals surface area contributed by atoms with Crippen molar-refractivity contribution in [2.75, 3.05) is 19.6 Å². The van der Waals surface area contributed by atoms with E-state index >= 15 is 0 Å². The van der Waals surface area contributed by atoms with Gasteiger partial charge >= 0.3 is 0 Å². The van der Waals surface area contributed by atoms with Crippen molar-refractivity contribution in [3.05, 3.63) is 72.1 Å². The Labute approximate surface area is 207 Å². The van der Waals surface area contributed by atoms with Crippen LogP contribution in [0, 0.1) is 24.2 Å². The zero-order valence-electron chi connectivity index (χ0n) is 20.2. The first-order chi connectivity index (χ1) is 17.1. The van der Waals surface area contributed by atoms with Crippen LogP contribution in [0.2, 0.25) is 0 Å². The van der Waals surface area contributed by atoms with E-state index in [4.69, 9.17) is 5.26 Å². The number of carbonyl (C=O) groups is 1. The van der Waals surface area contributed by atoms with Gasteiger partial charge < -0.3 is 10.2 Å². The Morgan fingerprint density at radius 3 is 2.77 bits per heavy atom. The van der Waals surface area contributed by atoms with E-state index in [1.54, 1.807) is 17.2 Å². The molecule has 0 atom stereocenters. The first-order valence-electron chi connectivity index (χ1n) is 12.2. The van der Waals surface area contributed by atoms with Gasteiger partial charge in [-0.15, -0.1) is 0 Å². The molecule has 0 bridgehead atoms. The molecule has 2 aromatic carbocycles. The summed E-state index contributed by atoms with van der Waals surface area (Å²) in [4.78, 5) is 19.2. The van der Waals surface area contributed by atoms with Crippen LogP contribution >= 0.6 is 0 Å². The lowest BCUT2D eigenvalue weighted by molar-refractivity contribution is -0.132. The Bertz CT molecular complexity index is 1190. The van der Waals surface area contributed by atoms with Crippen molar-refractivity contribution in [2.24, 2.45) is 10.9 Å². The van der Waals surface area contributed by atoms with Gasteiger partial charge in [-0.1, -0.05) is 42.5 Å². The van der Waals surface area contributed by atoms with E-state index in [0.29, 0.717) is 12.3 Å². The second kappa shape index (κ2) is 12.0. The third-order valence-electron chi connectivity index (χ3n) is 6.55. The van der Waals surface area contributed by atoms with Crippen molar-refractivity contribution >= 4 is 17.9 Å². The minimum absolute atomic E-state index is 0.238. The number of hydrogen-bond acceptors (Lipinski definition) is 4. The summed E-state index contributed by atoms with van der Waals surface area (Å²) in [7, 11) is 0. The molecule has 4 rings (SSSR count). The Hall–Kier alpha value is -3.92. The number of amides is 1. The van der Waals surface area contributed by atoms with Crippen LogP contribution < -0.4 is 5.32 Å². The summed E-state index contributed by atoms with van der Waals surface area (Å²) in [6.45, 7) is 4.80. The minimum atomic E-state index is 0.238. The first-order valence-corrected chi connectivity index (χ1v) is 12.2. The predicted octanol–water partition coefficient (Wildman–Crippen LogP) is 4.50. The second-order valence-corrected chi connectivity index (χ2v) is 9.06. The van der Waals surface area contributed by atoms with Crippen LogP contribution in [-0.2, 0) is 17.8 Å². The number of aryl methyl sites for hydroxylation is 2. The van der Waals surface area contributed by atoms with Crippen LogP contribution in [-0.4, -0.2) is 46.6 Å². The standard InChI is InChI=1S/C28H32N6O/c1-22-7-9-25(26-19-32-34(20-26)16-13-29)17-27(22)31-21-30-18-24-11-14-33(15-12-24)28(35)10-8-23-5-3-2-4-6-23/h2-7,9,17,19-21,24H,8,10-12,14-16,18H2,1H3,(H,30,31). The molecule has 1 aliphatic heterocycles. The van der Waals surface area contributed by atoms with Gasteiger partial charge in [-0.3, -0.25) is 9.48 Å². The number of piperidine rings is 1. The molecule has 1 N–H and O–H groups in total. The number of nitrogens with zero attached hydrogens (tertiary/aromatic N) is 5. The molecular weight excluding hydrogens is 436 g/mol. The van der Waals surface area contributed by atoms with Crippen molar-refractivity contribution < 1.29 is 4.79 Å². The Kier molecular flexibility index (Phi) is 8.29. The number of benzene rings is 2. The Balaban J connectivity index is 1.22. The molecule has 0 saturated carbocycles. The molecule has 0 unspecified atom stereocenters. The van der Waals surface area contributed by atoms with Gasteiger partial charge in [0.2, 0.25) is 5.91 Å². The molecule has 35 heavy (non-hydrogen) atoms. The maximum Gasteiger partial charge on any atom is 0.222 e. The van der Waals surface area contributed by atoms with Gasteiger partial charge in [-0.25, -0.2) is 4.99 Å². The van der Waals surface area contributed by atoms with Gasteiger partial charge in [0.15, 0.2) is 0 Å². The number of aromatic nitrogens is 2. The smallest absolute Gasteiger partial charge is 0.222 e. The Morgan fingerprint density at radius 2 is 2.00 bits per heavy atom. The van der Waals surface area contributed by atoms with E-state index in [-0.39, 0.29) is 12.5 Å². The van der Waals surface area contributed by atoms with Gasteiger partial charge in [0.05, 0.1) is 24.3 Å². The van der Waals surface area contributed by atoms with Crippen LogP contribution in [0.15, 0.2) is 65.9 Å². The van der Waals surface area contributed by atoms with Crippen molar-refractivity contribution in [1.82, 2.24) is 20.0 Å². The van der Waals surface area contributed by atoms with Crippen LogP contribution in [0.5, 0.6) is 0 Å². The highest BCUT2D eigenvalue weighted by Gasteiger charge is 2.22. The molecule has 2 heterocycles. The third-order valence-corrected chi connectivity index (χ3v) is 6.55. The minimum Gasteiger partial charge on any atom is -0.376 e. The molecule has 0 aliphatic carbocycles. The SMILES string of the molecule is Cc1ccc(-c2cnn(CC#N)c2)cc1/N=C\NCC1CCN(C(=O)CCc2ccccc2)CC1. The fourth-order valence-corrected chi connectivity index (χ4v) is 4.37. The molecule has 1 saturated heterocycles. The van der Waals surface area contributed by atoms with Crippen molar-refractivity contribution in [1.29, 1.82) is 5.26 Å². The fourth-order valence-electron chi connectivity index (χ4n) is 4.37. The molecule has 0 spiro atoms. The van der Waals surface area contributed by atoms with Gasteiger partial charge in [0.1, 0.15) is 6.54 Å². The number of carbonyl (C=O) groups excluding carboxylic acids is 1. The van der Waals surface area contributed by atoms with E-state index in [2.05, 4.69) is 33.6 Å². The molecule has 1 aliphatic rings.